The van der Waals surface area contributed by atoms with E-state index in [9.17, 15) is 26.4 Å². The van der Waals surface area contributed by atoms with Gasteiger partial charge in [0.1, 0.15) is 11.6 Å². The van der Waals surface area contributed by atoms with E-state index in [-0.39, 0.29) is 13.2 Å². The molecular weight excluding hydrogens is 517 g/mol. The summed E-state index contributed by atoms with van der Waals surface area (Å²) in [4.78, 5) is 17.0. The molecule has 0 bridgehead atoms. The molecule has 194 valence electrons. The lowest BCUT2D eigenvalue weighted by Gasteiger charge is -2.17. The van der Waals surface area contributed by atoms with E-state index in [1.807, 2.05) is 30.3 Å². The Bertz CT molecular complexity index is 1230. The smallest absolute Gasteiger partial charge is 0.416 e. The fourth-order valence-electron chi connectivity index (χ4n) is 3.27. The lowest BCUT2D eigenvalue weighted by molar-refractivity contribution is -0.137. The summed E-state index contributed by atoms with van der Waals surface area (Å²) in [6, 6.07) is 13.3. The van der Waals surface area contributed by atoms with Crippen LogP contribution in [0.1, 0.15) is 42.1 Å². The van der Waals surface area contributed by atoms with Crippen molar-refractivity contribution >= 4 is 27.6 Å². The summed E-state index contributed by atoms with van der Waals surface area (Å²) >= 11 is 1.24. The molecule has 0 aliphatic rings. The molecule has 2 aromatic carbocycles. The number of hydrogen-bond donors (Lipinski definition) is 3. The molecule has 13 heteroatoms. The molecule has 0 saturated carbocycles. The molecule has 0 spiro atoms. The molecule has 8 nitrogen and oxygen atoms in total. The van der Waals surface area contributed by atoms with E-state index in [1.54, 1.807) is 5.38 Å². The van der Waals surface area contributed by atoms with Crippen LogP contribution < -0.4 is 15.2 Å². The fourth-order valence-corrected chi connectivity index (χ4v) is 4.58. The normalized spacial score (nSPS) is 12.8. The average Bonchev–Trinajstić information content (AvgIpc) is 3.31. The molecule has 0 saturated heterocycles. The van der Waals surface area contributed by atoms with Crippen molar-refractivity contribution in [3.8, 4) is 10.6 Å². The first-order chi connectivity index (χ1) is 17.0. The van der Waals surface area contributed by atoms with E-state index in [0.29, 0.717) is 35.5 Å². The van der Waals surface area contributed by atoms with Gasteiger partial charge in [-0.2, -0.15) is 21.6 Å². The number of ether oxygens (including phenoxy) is 1. The van der Waals surface area contributed by atoms with Crippen LogP contribution in [0.4, 0.5) is 18.0 Å². The third kappa shape index (κ3) is 8.90. The Labute approximate surface area is 210 Å². The molecule has 3 aromatic rings. The van der Waals surface area contributed by atoms with Gasteiger partial charge in [0.25, 0.3) is 10.2 Å². The lowest BCUT2D eigenvalue weighted by atomic mass is 10.1. The second-order valence-corrected chi connectivity index (χ2v) is 10.1. The van der Waals surface area contributed by atoms with E-state index >= 15 is 0 Å². The van der Waals surface area contributed by atoms with Gasteiger partial charge in [0.2, 0.25) is 0 Å². The summed E-state index contributed by atoms with van der Waals surface area (Å²) in [6.45, 7) is 0.212. The van der Waals surface area contributed by atoms with Crippen LogP contribution >= 0.6 is 11.3 Å². The van der Waals surface area contributed by atoms with Gasteiger partial charge in [-0.15, -0.1) is 11.3 Å². The Morgan fingerprint density at radius 3 is 2.42 bits per heavy atom. The monoisotopic (exact) mass is 542 g/mol. The first-order valence-electron chi connectivity index (χ1n) is 10.9. The third-order valence-corrected chi connectivity index (χ3v) is 6.58. The maximum absolute atomic E-state index is 12.9. The standard InChI is InChI=1S/C23H25F3N4O4S2/c24-23(25,26)18-11-9-17(10-12-18)21-29-20(15-35-21)19(8-4-5-13-28-36(27,32)33)30-22(31)34-14-16-6-2-1-3-7-16/h1-3,6-7,9-12,15,19,28H,4-5,8,13-14H2,(H,30,31)(H2,27,32,33)/t19-/m0/s1. The Balaban J connectivity index is 1.67. The molecule has 36 heavy (non-hydrogen) atoms. The van der Waals surface area contributed by atoms with Crippen molar-refractivity contribution in [3.63, 3.8) is 0 Å². The molecule has 1 atom stereocenters. The minimum absolute atomic E-state index is 0.0749. The topological polar surface area (TPSA) is 123 Å². The summed E-state index contributed by atoms with van der Waals surface area (Å²) in [6.07, 6.45) is -3.68. The predicted octanol–water partition coefficient (Wildman–Crippen LogP) is 4.76. The number of nitrogens with zero attached hydrogens (tertiary/aromatic N) is 1. The van der Waals surface area contributed by atoms with Crippen molar-refractivity contribution in [3.05, 3.63) is 76.8 Å². The van der Waals surface area contributed by atoms with Crippen LogP contribution in [-0.4, -0.2) is 26.0 Å². The Morgan fingerprint density at radius 1 is 1.08 bits per heavy atom. The van der Waals surface area contributed by atoms with Gasteiger partial charge in [-0.3, -0.25) is 0 Å². The van der Waals surface area contributed by atoms with Crippen molar-refractivity contribution in [2.45, 2.75) is 38.1 Å². The van der Waals surface area contributed by atoms with E-state index < -0.39 is 34.1 Å². The number of carbonyl (C=O) groups is 1. The van der Waals surface area contributed by atoms with Crippen molar-refractivity contribution in [1.29, 1.82) is 0 Å². The van der Waals surface area contributed by atoms with E-state index in [0.717, 1.165) is 17.7 Å². The highest BCUT2D eigenvalue weighted by atomic mass is 32.2. The lowest BCUT2D eigenvalue weighted by Crippen LogP contribution is -2.32. The van der Waals surface area contributed by atoms with Crippen molar-refractivity contribution in [1.82, 2.24) is 15.0 Å². The Hall–Kier alpha value is -3.00. The zero-order valence-electron chi connectivity index (χ0n) is 19.0. The van der Waals surface area contributed by atoms with Crippen molar-refractivity contribution < 1.29 is 31.1 Å². The number of nitrogens with one attached hydrogen (secondary N) is 2. The number of thiazole rings is 1. The fraction of sp³-hybridized carbons (Fsp3) is 0.304. The number of alkyl carbamates (subject to hydrolysis) is 1. The SMILES string of the molecule is NS(=O)(=O)NCCCC[C@H](NC(=O)OCc1ccccc1)c1csc(-c2ccc(C(F)(F)F)cc2)n1. The van der Waals surface area contributed by atoms with Crippen LogP contribution in [0, 0.1) is 0 Å². The van der Waals surface area contributed by atoms with Crippen LogP contribution in [0.2, 0.25) is 0 Å². The molecular formula is C23H25F3N4O4S2. The molecule has 0 aliphatic carbocycles. The van der Waals surface area contributed by atoms with E-state index in [2.05, 4.69) is 15.0 Å². The number of nitrogens with two attached hydrogens (primary N) is 1. The number of carbonyl (C=O) groups excluding carboxylic acids is 1. The van der Waals surface area contributed by atoms with Crippen LogP contribution in [0.3, 0.4) is 0 Å². The number of alkyl halides is 3. The maximum atomic E-state index is 12.9. The van der Waals surface area contributed by atoms with E-state index in [1.165, 1.54) is 23.5 Å². The minimum atomic E-state index is -4.43. The van der Waals surface area contributed by atoms with Gasteiger partial charge in [-0.1, -0.05) is 42.5 Å². The quantitative estimate of drug-likeness (QED) is 0.302. The number of rotatable bonds is 11. The molecule has 0 aliphatic heterocycles. The van der Waals surface area contributed by atoms with Crippen molar-refractivity contribution in [2.75, 3.05) is 6.54 Å². The van der Waals surface area contributed by atoms with Crippen LogP contribution in [0.25, 0.3) is 10.6 Å². The Kier molecular flexibility index (Phi) is 9.43. The highest BCUT2D eigenvalue weighted by Gasteiger charge is 2.30. The van der Waals surface area contributed by atoms with Gasteiger partial charge in [-0.25, -0.2) is 19.6 Å². The predicted molar refractivity (Wildman–Crippen MR) is 130 cm³/mol. The Morgan fingerprint density at radius 2 is 1.78 bits per heavy atom. The summed E-state index contributed by atoms with van der Waals surface area (Å²) in [5.74, 6) is 0. The second kappa shape index (κ2) is 12.3. The molecule has 0 fully saturated rings. The van der Waals surface area contributed by atoms with Gasteiger partial charge in [-0.05, 0) is 37.0 Å². The average molecular weight is 543 g/mol. The summed E-state index contributed by atoms with van der Waals surface area (Å²) in [5, 5.41) is 9.92. The second-order valence-electron chi connectivity index (χ2n) is 7.85. The van der Waals surface area contributed by atoms with Gasteiger partial charge in [0, 0.05) is 17.5 Å². The number of aromatic nitrogens is 1. The van der Waals surface area contributed by atoms with Crippen LogP contribution in [-0.2, 0) is 27.7 Å². The zero-order chi connectivity index (χ0) is 26.2. The van der Waals surface area contributed by atoms with E-state index in [4.69, 9.17) is 9.88 Å². The summed E-state index contributed by atoms with van der Waals surface area (Å²) < 4.78 is 68.1. The number of benzene rings is 2. The first kappa shape index (κ1) is 27.6. The van der Waals surface area contributed by atoms with Gasteiger partial charge >= 0.3 is 12.3 Å². The third-order valence-electron chi connectivity index (χ3n) is 5.07. The maximum Gasteiger partial charge on any atom is 0.416 e. The molecule has 1 amide bonds. The highest BCUT2D eigenvalue weighted by molar-refractivity contribution is 7.87. The minimum Gasteiger partial charge on any atom is -0.445 e. The number of halogens is 3. The highest BCUT2D eigenvalue weighted by Crippen LogP contribution is 2.33. The van der Waals surface area contributed by atoms with Gasteiger partial charge < -0.3 is 10.1 Å². The number of amides is 1. The van der Waals surface area contributed by atoms with Crippen LogP contribution in [0.15, 0.2) is 60.0 Å². The molecule has 1 heterocycles. The van der Waals surface area contributed by atoms with Gasteiger partial charge in [0.15, 0.2) is 0 Å². The summed E-state index contributed by atoms with van der Waals surface area (Å²) in [7, 11) is -3.79. The molecule has 0 radical (unpaired) electrons. The number of unbranched alkanes of at least 4 members (excludes halogenated alkanes) is 1. The molecule has 1 aromatic heterocycles. The van der Waals surface area contributed by atoms with Crippen molar-refractivity contribution in [2.24, 2.45) is 5.14 Å². The largest absolute Gasteiger partial charge is 0.445 e. The van der Waals surface area contributed by atoms with Crippen LogP contribution in [0.5, 0.6) is 0 Å². The zero-order valence-corrected chi connectivity index (χ0v) is 20.6. The summed E-state index contributed by atoms with van der Waals surface area (Å²) in [5.41, 5.74) is 1.10. The first-order valence-corrected chi connectivity index (χ1v) is 13.3. The van der Waals surface area contributed by atoms with Gasteiger partial charge in [0.05, 0.1) is 17.3 Å². The number of hydrogen-bond acceptors (Lipinski definition) is 6. The molecule has 3 rings (SSSR count). The molecule has 4 N–H and O–H groups in total. The molecule has 0 unspecified atom stereocenters.